The number of carboxylic acids is 1. The first-order valence-corrected chi connectivity index (χ1v) is 13.6. The summed E-state index contributed by atoms with van der Waals surface area (Å²) >= 11 is 7.34. The minimum absolute atomic E-state index is 0.158. The van der Waals surface area contributed by atoms with E-state index in [2.05, 4.69) is 11.4 Å². The number of benzene rings is 4. The van der Waals surface area contributed by atoms with Crippen LogP contribution in [-0.2, 0) is 17.8 Å². The van der Waals surface area contributed by atoms with Gasteiger partial charge in [-0.05, 0) is 77.0 Å². The van der Waals surface area contributed by atoms with Gasteiger partial charge in [0.15, 0.2) is 0 Å². The van der Waals surface area contributed by atoms with Crippen LogP contribution < -0.4 is 10.1 Å². The maximum atomic E-state index is 13.0. The summed E-state index contributed by atoms with van der Waals surface area (Å²) < 4.78 is 6.81. The quantitative estimate of drug-likeness (QED) is 0.197. The number of amides is 1. The van der Waals surface area contributed by atoms with Crippen LogP contribution in [0.15, 0.2) is 97.1 Å². The molecule has 1 aromatic heterocycles. The average Bonchev–Trinajstić information content (AvgIpc) is 3.36. The van der Waals surface area contributed by atoms with E-state index >= 15 is 0 Å². The molecule has 0 saturated heterocycles. The predicted molar refractivity (Wildman–Crippen MR) is 157 cm³/mol. The van der Waals surface area contributed by atoms with E-state index in [-0.39, 0.29) is 6.42 Å². The Labute approximate surface area is 235 Å². The highest BCUT2D eigenvalue weighted by molar-refractivity contribution is 7.20. The van der Waals surface area contributed by atoms with E-state index in [0.29, 0.717) is 22.3 Å². The van der Waals surface area contributed by atoms with E-state index < -0.39 is 17.9 Å². The zero-order valence-corrected chi connectivity index (χ0v) is 22.8. The number of fused-ring (bicyclic) bond motifs is 1. The number of hydrogen-bond donors (Lipinski definition) is 2. The van der Waals surface area contributed by atoms with E-state index in [0.717, 1.165) is 32.3 Å². The number of nitrogens with one attached hydrogen (secondary N) is 1. The molecule has 5 rings (SSSR count). The monoisotopic (exact) mass is 555 g/mol. The third kappa shape index (κ3) is 6.66. The lowest BCUT2D eigenvalue weighted by Gasteiger charge is -2.14. The Morgan fingerprint density at radius 2 is 1.64 bits per heavy atom. The Kier molecular flexibility index (Phi) is 7.96. The number of carboxylic acid groups (broad SMARTS) is 1. The van der Waals surface area contributed by atoms with Crippen LogP contribution in [0.5, 0.6) is 5.75 Å². The van der Waals surface area contributed by atoms with Gasteiger partial charge in [0.05, 0.1) is 4.88 Å². The Morgan fingerprint density at radius 3 is 2.36 bits per heavy atom. The highest BCUT2D eigenvalue weighted by Gasteiger charge is 2.22. The van der Waals surface area contributed by atoms with Gasteiger partial charge in [-0.2, -0.15) is 0 Å². The summed E-state index contributed by atoms with van der Waals surface area (Å²) in [6, 6.07) is 29.7. The van der Waals surface area contributed by atoms with Gasteiger partial charge < -0.3 is 15.2 Å². The van der Waals surface area contributed by atoms with Gasteiger partial charge in [0.2, 0.25) is 0 Å². The highest BCUT2D eigenvalue weighted by atomic mass is 35.5. The third-order valence-corrected chi connectivity index (χ3v) is 7.74. The number of aryl methyl sites for hydroxylation is 1. The molecule has 1 amide bonds. The summed E-state index contributed by atoms with van der Waals surface area (Å²) in [6.07, 6.45) is 0.158. The zero-order valence-electron chi connectivity index (χ0n) is 21.2. The van der Waals surface area contributed by atoms with Crippen molar-refractivity contribution in [2.24, 2.45) is 0 Å². The molecule has 4 aromatic carbocycles. The number of ether oxygens (including phenoxy) is 1. The van der Waals surface area contributed by atoms with Crippen molar-refractivity contribution in [3.63, 3.8) is 0 Å². The van der Waals surface area contributed by atoms with Crippen LogP contribution in [-0.4, -0.2) is 23.0 Å². The van der Waals surface area contributed by atoms with Crippen molar-refractivity contribution in [1.82, 2.24) is 5.32 Å². The predicted octanol–water partition coefficient (Wildman–Crippen LogP) is 7.53. The second kappa shape index (κ2) is 11.7. The molecule has 0 aliphatic carbocycles. The van der Waals surface area contributed by atoms with Crippen LogP contribution in [0, 0.1) is 6.92 Å². The SMILES string of the molecule is Cc1cccc(COc2ccc(CC(NC(=O)c3cc4cc(-c5ccc(Cl)cc5)ccc4s3)C(=O)O)cc2)c1. The molecule has 7 heteroatoms. The van der Waals surface area contributed by atoms with Gasteiger partial charge in [-0.1, -0.05) is 71.8 Å². The van der Waals surface area contributed by atoms with Crippen LogP contribution in [0.25, 0.3) is 21.2 Å². The number of thiophene rings is 1. The number of carbonyl (C=O) groups is 2. The van der Waals surface area contributed by atoms with Crippen LogP contribution in [0.1, 0.15) is 26.4 Å². The molecule has 1 heterocycles. The van der Waals surface area contributed by atoms with Crippen molar-refractivity contribution in [2.45, 2.75) is 26.0 Å². The first kappa shape index (κ1) is 26.5. The van der Waals surface area contributed by atoms with E-state index in [4.69, 9.17) is 16.3 Å². The van der Waals surface area contributed by atoms with Gasteiger partial charge >= 0.3 is 5.97 Å². The molecule has 5 nitrogen and oxygen atoms in total. The standard InChI is InChI=1S/C32H26ClNO4S/c1-20-3-2-4-22(15-20)19-38-27-12-5-21(6-13-27)16-28(32(36)37)34-31(35)30-18-25-17-24(9-14-29(25)39-30)23-7-10-26(33)11-8-23/h2-15,17-18,28H,16,19H2,1H3,(H,34,35)(H,36,37). The molecule has 5 aromatic rings. The lowest BCUT2D eigenvalue weighted by atomic mass is 10.0. The number of hydrogen-bond acceptors (Lipinski definition) is 4. The molecule has 1 unspecified atom stereocenters. The second-order valence-corrected chi connectivity index (χ2v) is 10.9. The minimum Gasteiger partial charge on any atom is -0.489 e. The molecule has 196 valence electrons. The van der Waals surface area contributed by atoms with Gasteiger partial charge in [-0.25, -0.2) is 4.79 Å². The van der Waals surface area contributed by atoms with Crippen molar-refractivity contribution in [1.29, 1.82) is 0 Å². The molecule has 0 aliphatic heterocycles. The first-order valence-electron chi connectivity index (χ1n) is 12.4. The smallest absolute Gasteiger partial charge is 0.326 e. The lowest BCUT2D eigenvalue weighted by Crippen LogP contribution is -2.42. The topological polar surface area (TPSA) is 75.6 Å². The molecule has 0 radical (unpaired) electrons. The van der Waals surface area contributed by atoms with Gasteiger partial charge in [-0.3, -0.25) is 4.79 Å². The van der Waals surface area contributed by atoms with Crippen molar-refractivity contribution in [3.8, 4) is 16.9 Å². The van der Waals surface area contributed by atoms with Crippen molar-refractivity contribution < 1.29 is 19.4 Å². The van der Waals surface area contributed by atoms with Gasteiger partial charge in [0.25, 0.3) is 5.91 Å². The third-order valence-electron chi connectivity index (χ3n) is 6.37. The molecule has 0 saturated carbocycles. The fraction of sp³-hybridized carbons (Fsp3) is 0.125. The molecule has 0 spiro atoms. The summed E-state index contributed by atoms with van der Waals surface area (Å²) in [5, 5.41) is 14.1. The molecular formula is C32H26ClNO4S. The van der Waals surface area contributed by atoms with Crippen LogP contribution in [0.4, 0.5) is 0 Å². The molecule has 39 heavy (non-hydrogen) atoms. The lowest BCUT2D eigenvalue weighted by molar-refractivity contribution is -0.139. The highest BCUT2D eigenvalue weighted by Crippen LogP contribution is 2.31. The number of halogens is 1. The maximum absolute atomic E-state index is 13.0. The molecule has 0 aliphatic rings. The zero-order chi connectivity index (χ0) is 27.4. The fourth-order valence-electron chi connectivity index (χ4n) is 4.33. The van der Waals surface area contributed by atoms with Crippen molar-refractivity contribution in [3.05, 3.63) is 124 Å². The van der Waals surface area contributed by atoms with Gasteiger partial charge in [0, 0.05) is 16.1 Å². The Morgan fingerprint density at radius 1 is 0.897 bits per heavy atom. The number of aliphatic carboxylic acids is 1. The van der Waals surface area contributed by atoms with Crippen LogP contribution in [0.2, 0.25) is 5.02 Å². The van der Waals surface area contributed by atoms with Crippen molar-refractivity contribution in [2.75, 3.05) is 0 Å². The van der Waals surface area contributed by atoms with E-state index in [9.17, 15) is 14.7 Å². The second-order valence-electron chi connectivity index (χ2n) is 9.36. The summed E-state index contributed by atoms with van der Waals surface area (Å²) in [7, 11) is 0. The summed E-state index contributed by atoms with van der Waals surface area (Å²) in [6.45, 7) is 2.49. The Balaban J connectivity index is 1.23. The molecular weight excluding hydrogens is 530 g/mol. The Bertz CT molecular complexity index is 1630. The number of carbonyl (C=O) groups excluding carboxylic acids is 1. The van der Waals surface area contributed by atoms with Gasteiger partial charge in [-0.15, -0.1) is 11.3 Å². The number of rotatable bonds is 9. The van der Waals surface area contributed by atoms with E-state index in [1.807, 2.05) is 91.9 Å². The molecule has 2 N–H and O–H groups in total. The molecule has 0 bridgehead atoms. The minimum atomic E-state index is -1.09. The first-order chi connectivity index (χ1) is 18.8. The van der Waals surface area contributed by atoms with Gasteiger partial charge in [0.1, 0.15) is 18.4 Å². The summed E-state index contributed by atoms with van der Waals surface area (Å²) in [5.41, 5.74) is 5.07. The normalized spacial score (nSPS) is 11.7. The average molecular weight is 556 g/mol. The largest absolute Gasteiger partial charge is 0.489 e. The summed E-state index contributed by atoms with van der Waals surface area (Å²) in [5.74, 6) is -0.802. The molecule has 0 fully saturated rings. The Hall–Kier alpha value is -4.13. The molecule has 1 atom stereocenters. The maximum Gasteiger partial charge on any atom is 0.326 e. The van der Waals surface area contributed by atoms with E-state index in [1.165, 1.54) is 16.9 Å². The summed E-state index contributed by atoms with van der Waals surface area (Å²) in [4.78, 5) is 25.5. The van der Waals surface area contributed by atoms with Crippen LogP contribution >= 0.6 is 22.9 Å². The van der Waals surface area contributed by atoms with E-state index in [1.54, 1.807) is 6.07 Å². The van der Waals surface area contributed by atoms with Crippen LogP contribution in [0.3, 0.4) is 0 Å². The fourth-order valence-corrected chi connectivity index (χ4v) is 5.40. The van der Waals surface area contributed by atoms with Crippen molar-refractivity contribution >= 4 is 44.9 Å².